The lowest BCUT2D eigenvalue weighted by Gasteiger charge is -2.06. The van der Waals surface area contributed by atoms with Crippen LogP contribution in [-0.2, 0) is 0 Å². The molecule has 0 aliphatic rings. The third-order valence-corrected chi connectivity index (χ3v) is 2.46. The van der Waals surface area contributed by atoms with Crippen molar-refractivity contribution in [1.29, 1.82) is 0 Å². The number of hydrogen-bond donors (Lipinski definition) is 0. The molecule has 0 amide bonds. The lowest BCUT2D eigenvalue weighted by molar-refractivity contribution is -0.384. The summed E-state index contributed by atoms with van der Waals surface area (Å²) in [4.78, 5) is 26.4. The molecule has 0 fully saturated rings. The van der Waals surface area contributed by atoms with E-state index in [1.807, 2.05) is 0 Å². The third kappa shape index (κ3) is 1.82. The molecule has 3 rings (SSSR count). The molecule has 0 spiro atoms. The minimum Gasteiger partial charge on any atom is -0.285 e. The quantitative estimate of drug-likeness (QED) is 0.506. The minimum atomic E-state index is -0.523. The molecule has 0 aromatic carbocycles. The Balaban J connectivity index is 2.27. The molecule has 0 unspecified atom stereocenters. The molecule has 0 radical (unpaired) electrons. The van der Waals surface area contributed by atoms with Crippen LogP contribution in [-0.4, -0.2) is 34.0 Å². The summed E-state index contributed by atoms with van der Waals surface area (Å²) in [5.41, 5.74) is -0.210. The van der Waals surface area contributed by atoms with Crippen molar-refractivity contribution in [2.45, 2.75) is 0 Å². The zero-order valence-electron chi connectivity index (χ0n) is 9.49. The van der Waals surface area contributed by atoms with Crippen molar-refractivity contribution in [1.82, 2.24) is 29.1 Å². The van der Waals surface area contributed by atoms with Crippen LogP contribution in [0.5, 0.6) is 0 Å². The van der Waals surface area contributed by atoms with Gasteiger partial charge in [-0.05, 0) is 0 Å². The van der Waals surface area contributed by atoms with Gasteiger partial charge >= 0.3 is 5.69 Å². The lowest BCUT2D eigenvalue weighted by atomic mass is 10.4. The summed E-state index contributed by atoms with van der Waals surface area (Å²) in [5.74, 6) is 0.308. The maximum Gasteiger partial charge on any atom is 0.355 e. The predicted octanol–water partition coefficient (Wildman–Crippen LogP) is 0.756. The molecule has 9 heteroatoms. The lowest BCUT2D eigenvalue weighted by Crippen LogP contribution is -2.08. The summed E-state index contributed by atoms with van der Waals surface area (Å²) in [6, 6.07) is 0. The molecule has 94 valence electrons. The first kappa shape index (κ1) is 11.0. The van der Waals surface area contributed by atoms with Crippen LogP contribution in [0.3, 0.4) is 0 Å². The topological polar surface area (TPSA) is 105 Å². The van der Waals surface area contributed by atoms with Crippen LogP contribution >= 0.6 is 0 Å². The van der Waals surface area contributed by atoms with Crippen LogP contribution in [0.2, 0.25) is 0 Å². The molecule has 0 atom stereocenters. The van der Waals surface area contributed by atoms with E-state index < -0.39 is 4.92 Å². The Hall–Kier alpha value is -3.10. The van der Waals surface area contributed by atoms with Gasteiger partial charge in [0, 0.05) is 24.8 Å². The van der Waals surface area contributed by atoms with Gasteiger partial charge in [0.15, 0.2) is 0 Å². The van der Waals surface area contributed by atoms with Crippen LogP contribution in [0, 0.1) is 10.1 Å². The predicted molar refractivity (Wildman–Crippen MR) is 62.9 cm³/mol. The van der Waals surface area contributed by atoms with E-state index in [9.17, 15) is 10.1 Å². The van der Waals surface area contributed by atoms with Crippen molar-refractivity contribution < 1.29 is 4.92 Å². The zero-order valence-corrected chi connectivity index (χ0v) is 9.49. The van der Waals surface area contributed by atoms with Gasteiger partial charge in [0.2, 0.25) is 11.6 Å². The van der Waals surface area contributed by atoms with E-state index in [2.05, 4.69) is 19.9 Å². The molecule has 0 saturated carbocycles. The second kappa shape index (κ2) is 4.29. The van der Waals surface area contributed by atoms with Gasteiger partial charge in [-0.2, -0.15) is 0 Å². The van der Waals surface area contributed by atoms with Crippen LogP contribution in [0.4, 0.5) is 5.69 Å². The average molecular weight is 257 g/mol. The SMILES string of the molecule is O=[N+]([O-])c1c(-n2ccnc2)ncnc1-n1ccnc1. The largest absolute Gasteiger partial charge is 0.355 e. The number of hydrogen-bond acceptors (Lipinski definition) is 6. The van der Waals surface area contributed by atoms with E-state index in [4.69, 9.17) is 0 Å². The van der Waals surface area contributed by atoms with Crippen molar-refractivity contribution in [2.75, 3.05) is 0 Å². The number of rotatable bonds is 3. The molecule has 19 heavy (non-hydrogen) atoms. The average Bonchev–Trinajstić information content (AvgIpc) is 3.11. The highest BCUT2D eigenvalue weighted by atomic mass is 16.6. The van der Waals surface area contributed by atoms with E-state index in [1.54, 1.807) is 12.4 Å². The van der Waals surface area contributed by atoms with Gasteiger partial charge in [0.1, 0.15) is 19.0 Å². The second-order valence-corrected chi connectivity index (χ2v) is 3.57. The smallest absolute Gasteiger partial charge is 0.285 e. The summed E-state index contributed by atoms with van der Waals surface area (Å²) < 4.78 is 2.92. The molecule has 9 nitrogen and oxygen atoms in total. The Labute approximate surface area is 106 Å². The Kier molecular flexibility index (Phi) is 2.49. The first-order valence-electron chi connectivity index (χ1n) is 5.23. The number of aromatic nitrogens is 6. The highest BCUT2D eigenvalue weighted by Crippen LogP contribution is 2.25. The van der Waals surface area contributed by atoms with Crippen molar-refractivity contribution in [3.05, 3.63) is 53.9 Å². The fraction of sp³-hybridized carbons (Fsp3) is 0. The van der Waals surface area contributed by atoms with Gasteiger partial charge in [-0.3, -0.25) is 19.2 Å². The molecule has 0 bridgehead atoms. The van der Waals surface area contributed by atoms with E-state index in [0.717, 1.165) is 0 Å². The van der Waals surface area contributed by atoms with Gasteiger partial charge in [-0.1, -0.05) is 0 Å². The maximum absolute atomic E-state index is 11.3. The maximum atomic E-state index is 11.3. The molecular formula is C10H7N7O2. The van der Waals surface area contributed by atoms with Crippen molar-refractivity contribution in [3.63, 3.8) is 0 Å². The number of nitro groups is 1. The molecule has 3 heterocycles. The molecule has 3 aromatic rings. The van der Waals surface area contributed by atoms with Crippen LogP contribution in [0.15, 0.2) is 43.8 Å². The normalized spacial score (nSPS) is 10.5. The Bertz CT molecular complexity index is 653. The minimum absolute atomic E-state index is 0.154. The van der Waals surface area contributed by atoms with E-state index in [0.29, 0.717) is 0 Å². The summed E-state index contributed by atoms with van der Waals surface area (Å²) in [6.07, 6.45) is 10.3. The molecule has 3 aromatic heterocycles. The van der Waals surface area contributed by atoms with Gasteiger partial charge in [0.05, 0.1) is 4.92 Å². The van der Waals surface area contributed by atoms with Gasteiger partial charge < -0.3 is 0 Å². The van der Waals surface area contributed by atoms with Gasteiger partial charge in [0.25, 0.3) is 0 Å². The fourth-order valence-electron chi connectivity index (χ4n) is 1.67. The zero-order chi connectivity index (χ0) is 13.2. The first-order valence-corrected chi connectivity index (χ1v) is 5.23. The third-order valence-electron chi connectivity index (χ3n) is 2.46. The molecule has 0 saturated heterocycles. The number of nitrogens with zero attached hydrogens (tertiary/aromatic N) is 7. The highest BCUT2D eigenvalue weighted by Gasteiger charge is 2.24. The highest BCUT2D eigenvalue weighted by molar-refractivity contribution is 5.57. The van der Waals surface area contributed by atoms with Gasteiger partial charge in [-0.25, -0.2) is 19.9 Å². The van der Waals surface area contributed by atoms with Crippen LogP contribution < -0.4 is 0 Å². The van der Waals surface area contributed by atoms with Crippen molar-refractivity contribution in [2.24, 2.45) is 0 Å². The second-order valence-electron chi connectivity index (χ2n) is 3.57. The Morgan fingerprint density at radius 3 is 1.89 bits per heavy atom. The Morgan fingerprint density at radius 1 is 1.00 bits per heavy atom. The van der Waals surface area contributed by atoms with E-state index in [1.165, 1.54) is 40.5 Å². The molecule has 0 aliphatic carbocycles. The summed E-state index contributed by atoms with van der Waals surface area (Å²) in [7, 11) is 0. The van der Waals surface area contributed by atoms with Crippen molar-refractivity contribution >= 4 is 5.69 Å². The standard InChI is InChI=1S/C10H7N7O2/c18-17(19)8-9(15-3-1-11-6-15)13-5-14-10(8)16-4-2-12-7-16/h1-7H. The molecule has 0 N–H and O–H groups in total. The summed E-state index contributed by atoms with van der Waals surface area (Å²) in [5, 5.41) is 11.3. The molecular weight excluding hydrogens is 250 g/mol. The van der Waals surface area contributed by atoms with Crippen molar-refractivity contribution in [3.8, 4) is 11.6 Å². The monoisotopic (exact) mass is 257 g/mol. The summed E-state index contributed by atoms with van der Waals surface area (Å²) in [6.45, 7) is 0. The first-order chi connectivity index (χ1) is 9.27. The molecule has 0 aliphatic heterocycles. The van der Waals surface area contributed by atoms with Crippen LogP contribution in [0.1, 0.15) is 0 Å². The fourth-order valence-corrected chi connectivity index (χ4v) is 1.67. The van der Waals surface area contributed by atoms with Gasteiger partial charge in [-0.15, -0.1) is 0 Å². The Morgan fingerprint density at radius 2 is 1.53 bits per heavy atom. The van der Waals surface area contributed by atoms with E-state index >= 15 is 0 Å². The number of imidazole rings is 2. The van der Waals surface area contributed by atoms with Crippen LogP contribution in [0.25, 0.3) is 11.6 Å². The van der Waals surface area contributed by atoms with E-state index in [-0.39, 0.29) is 17.3 Å². The summed E-state index contributed by atoms with van der Waals surface area (Å²) >= 11 is 0.